The van der Waals surface area contributed by atoms with Crippen LogP contribution in [0.3, 0.4) is 0 Å². The molecule has 8 nitrogen and oxygen atoms in total. The number of amides is 2. The molecule has 1 aliphatic rings. The van der Waals surface area contributed by atoms with Gasteiger partial charge in [0.1, 0.15) is 11.4 Å². The van der Waals surface area contributed by atoms with Crippen molar-refractivity contribution in [3.63, 3.8) is 0 Å². The molecular weight excluding hydrogens is 468 g/mol. The van der Waals surface area contributed by atoms with Crippen LogP contribution >= 0.6 is 0 Å². The molecule has 0 unspecified atom stereocenters. The zero-order valence-corrected chi connectivity index (χ0v) is 22.1. The van der Waals surface area contributed by atoms with Crippen LogP contribution in [-0.4, -0.2) is 45.6 Å². The van der Waals surface area contributed by atoms with Crippen LogP contribution in [0.15, 0.2) is 54.7 Å². The number of pyridine rings is 2. The zero-order chi connectivity index (χ0) is 26.6. The molecule has 3 heterocycles. The molecule has 3 aromatic rings. The number of likely N-dealkylation sites (tertiary alicyclic amines) is 1. The van der Waals surface area contributed by atoms with E-state index < -0.39 is 5.60 Å². The standard InChI is InChI=1S/C29H34N4O4/c1-19-18-24(21-13-16-33(17-14-21)28(35)37-29(3,4)5)32-27(26(19)31-20(2)34)22-9-11-23(12-10-22)36-25-8-6-7-15-30-25/h6-12,15,18,21H,13-14,16-17H2,1-5H3,(H,31,34). The van der Waals surface area contributed by atoms with E-state index in [-0.39, 0.29) is 17.9 Å². The number of rotatable bonds is 5. The van der Waals surface area contributed by atoms with Gasteiger partial charge in [0.2, 0.25) is 11.8 Å². The van der Waals surface area contributed by atoms with Gasteiger partial charge in [0, 0.05) is 49.5 Å². The van der Waals surface area contributed by atoms with Gasteiger partial charge in [-0.3, -0.25) is 9.78 Å². The fourth-order valence-corrected chi connectivity index (χ4v) is 4.34. The minimum atomic E-state index is -0.515. The van der Waals surface area contributed by atoms with Crippen LogP contribution in [0.2, 0.25) is 0 Å². The van der Waals surface area contributed by atoms with E-state index >= 15 is 0 Å². The van der Waals surface area contributed by atoms with Gasteiger partial charge in [-0.25, -0.2) is 9.78 Å². The van der Waals surface area contributed by atoms with Crippen molar-refractivity contribution in [1.29, 1.82) is 0 Å². The number of aryl methyl sites for hydroxylation is 1. The minimum absolute atomic E-state index is 0.153. The van der Waals surface area contributed by atoms with Gasteiger partial charge in [0.15, 0.2) is 0 Å². The molecule has 1 aliphatic heterocycles. The van der Waals surface area contributed by atoms with E-state index in [9.17, 15) is 9.59 Å². The Balaban J connectivity index is 1.56. The maximum Gasteiger partial charge on any atom is 0.410 e. The first kappa shape index (κ1) is 26.1. The van der Waals surface area contributed by atoms with Crippen LogP contribution < -0.4 is 10.1 Å². The van der Waals surface area contributed by atoms with E-state index in [0.717, 1.165) is 29.7 Å². The van der Waals surface area contributed by atoms with E-state index in [1.54, 1.807) is 17.2 Å². The lowest BCUT2D eigenvalue weighted by atomic mass is 9.91. The highest BCUT2D eigenvalue weighted by Crippen LogP contribution is 2.36. The van der Waals surface area contributed by atoms with Gasteiger partial charge in [0.25, 0.3) is 0 Å². The zero-order valence-electron chi connectivity index (χ0n) is 22.1. The van der Waals surface area contributed by atoms with Crippen molar-refractivity contribution in [1.82, 2.24) is 14.9 Å². The Hall–Kier alpha value is -3.94. The highest BCUT2D eigenvalue weighted by molar-refractivity contribution is 5.94. The Labute approximate surface area is 218 Å². The van der Waals surface area contributed by atoms with E-state index in [0.29, 0.717) is 36.1 Å². The Morgan fingerprint density at radius 1 is 1.05 bits per heavy atom. The number of benzene rings is 1. The highest BCUT2D eigenvalue weighted by Gasteiger charge is 2.29. The van der Waals surface area contributed by atoms with E-state index in [1.165, 1.54) is 6.92 Å². The average molecular weight is 503 g/mol. The number of nitrogens with zero attached hydrogens (tertiary/aromatic N) is 3. The first-order chi connectivity index (χ1) is 17.6. The monoisotopic (exact) mass is 502 g/mol. The summed E-state index contributed by atoms with van der Waals surface area (Å²) in [6.07, 6.45) is 2.99. The molecule has 1 N–H and O–H groups in total. The Kier molecular flexibility index (Phi) is 7.76. The van der Waals surface area contributed by atoms with E-state index in [2.05, 4.69) is 10.3 Å². The molecule has 2 aromatic heterocycles. The SMILES string of the molecule is CC(=O)Nc1c(C)cc(C2CCN(C(=O)OC(C)(C)C)CC2)nc1-c1ccc(Oc2ccccn2)cc1. The predicted octanol–water partition coefficient (Wildman–Crippen LogP) is 6.32. The number of carbonyl (C=O) groups excluding carboxylic acids is 2. The Bertz CT molecular complexity index is 1250. The summed E-state index contributed by atoms with van der Waals surface area (Å²) in [5, 5.41) is 2.96. The van der Waals surface area contributed by atoms with E-state index in [1.807, 2.05) is 70.2 Å². The van der Waals surface area contributed by atoms with Crippen LogP contribution in [0.4, 0.5) is 10.5 Å². The topological polar surface area (TPSA) is 93.7 Å². The second kappa shape index (κ2) is 11.0. The second-order valence-electron chi connectivity index (χ2n) is 10.3. The number of anilines is 1. The summed E-state index contributed by atoms with van der Waals surface area (Å²) in [5.41, 5.74) is 3.66. The maximum absolute atomic E-state index is 12.5. The second-order valence-corrected chi connectivity index (χ2v) is 10.3. The molecule has 37 heavy (non-hydrogen) atoms. The normalized spacial score (nSPS) is 14.2. The smallest absolute Gasteiger partial charge is 0.410 e. The number of piperidine rings is 1. The molecule has 4 rings (SSSR count). The third-order valence-corrected chi connectivity index (χ3v) is 6.09. The molecule has 2 amide bonds. The largest absolute Gasteiger partial charge is 0.444 e. The number of hydrogen-bond donors (Lipinski definition) is 1. The number of nitrogens with one attached hydrogen (secondary N) is 1. The van der Waals surface area contributed by atoms with Crippen LogP contribution in [0.5, 0.6) is 11.6 Å². The van der Waals surface area contributed by atoms with Crippen LogP contribution in [0.1, 0.15) is 57.7 Å². The number of hydrogen-bond acceptors (Lipinski definition) is 6. The summed E-state index contributed by atoms with van der Waals surface area (Å²) >= 11 is 0. The highest BCUT2D eigenvalue weighted by atomic mass is 16.6. The number of ether oxygens (including phenoxy) is 2. The van der Waals surface area contributed by atoms with Crippen molar-refractivity contribution < 1.29 is 19.1 Å². The molecule has 1 fully saturated rings. The van der Waals surface area contributed by atoms with Crippen molar-refractivity contribution >= 4 is 17.7 Å². The third kappa shape index (κ3) is 6.84. The molecule has 8 heteroatoms. The molecule has 0 spiro atoms. The van der Waals surface area contributed by atoms with E-state index in [4.69, 9.17) is 14.5 Å². The summed E-state index contributed by atoms with van der Waals surface area (Å²) in [7, 11) is 0. The van der Waals surface area contributed by atoms with Gasteiger partial charge < -0.3 is 19.7 Å². The third-order valence-electron chi connectivity index (χ3n) is 6.09. The lowest BCUT2D eigenvalue weighted by Gasteiger charge is -2.33. The average Bonchev–Trinajstić information content (AvgIpc) is 2.85. The van der Waals surface area contributed by atoms with Gasteiger partial charge in [-0.05, 0) is 82.5 Å². The van der Waals surface area contributed by atoms with Gasteiger partial charge in [-0.1, -0.05) is 6.07 Å². The van der Waals surface area contributed by atoms with Crippen molar-refractivity contribution in [2.45, 2.75) is 59.0 Å². The van der Waals surface area contributed by atoms with Gasteiger partial charge in [0.05, 0.1) is 11.4 Å². The fourth-order valence-electron chi connectivity index (χ4n) is 4.34. The summed E-state index contributed by atoms with van der Waals surface area (Å²) in [4.78, 5) is 35.4. The molecule has 0 atom stereocenters. The molecule has 0 saturated carbocycles. The molecule has 0 radical (unpaired) electrons. The number of aromatic nitrogens is 2. The summed E-state index contributed by atoms with van der Waals surface area (Å²) < 4.78 is 11.4. The first-order valence-electron chi connectivity index (χ1n) is 12.6. The van der Waals surface area contributed by atoms with Gasteiger partial charge >= 0.3 is 6.09 Å². The molecule has 1 saturated heterocycles. The first-order valence-corrected chi connectivity index (χ1v) is 12.6. The summed E-state index contributed by atoms with van der Waals surface area (Å²) in [5.74, 6) is 1.22. The lowest BCUT2D eigenvalue weighted by molar-refractivity contribution is -0.114. The molecule has 1 aromatic carbocycles. The van der Waals surface area contributed by atoms with Crippen LogP contribution in [0.25, 0.3) is 11.3 Å². The van der Waals surface area contributed by atoms with Crippen LogP contribution in [-0.2, 0) is 9.53 Å². The van der Waals surface area contributed by atoms with Crippen molar-refractivity contribution in [2.24, 2.45) is 0 Å². The van der Waals surface area contributed by atoms with Gasteiger partial charge in [-0.2, -0.15) is 0 Å². The van der Waals surface area contributed by atoms with Crippen molar-refractivity contribution in [2.75, 3.05) is 18.4 Å². The number of carbonyl (C=O) groups is 2. The lowest BCUT2D eigenvalue weighted by Crippen LogP contribution is -2.41. The maximum atomic E-state index is 12.5. The minimum Gasteiger partial charge on any atom is -0.444 e. The van der Waals surface area contributed by atoms with Gasteiger partial charge in [-0.15, -0.1) is 0 Å². The Morgan fingerprint density at radius 3 is 2.35 bits per heavy atom. The fraction of sp³-hybridized carbons (Fsp3) is 0.379. The summed E-state index contributed by atoms with van der Waals surface area (Å²) in [6.45, 7) is 10.3. The van der Waals surface area contributed by atoms with Crippen molar-refractivity contribution in [3.8, 4) is 22.9 Å². The van der Waals surface area contributed by atoms with Crippen LogP contribution in [0, 0.1) is 6.92 Å². The predicted molar refractivity (Wildman–Crippen MR) is 143 cm³/mol. The molecular formula is C29H34N4O4. The summed E-state index contributed by atoms with van der Waals surface area (Å²) in [6, 6.07) is 15.1. The molecule has 0 aliphatic carbocycles. The quantitative estimate of drug-likeness (QED) is 0.439. The molecule has 0 bridgehead atoms. The Morgan fingerprint density at radius 2 is 1.76 bits per heavy atom. The van der Waals surface area contributed by atoms with Crippen molar-refractivity contribution in [3.05, 3.63) is 66.0 Å². The molecule has 194 valence electrons.